The van der Waals surface area contributed by atoms with Crippen molar-refractivity contribution in [2.45, 2.75) is 19.9 Å². The molecule has 1 aromatic carbocycles. The molecule has 112 valence electrons. The Labute approximate surface area is 129 Å². The molecule has 0 saturated carbocycles. The van der Waals surface area contributed by atoms with Crippen molar-refractivity contribution in [1.29, 1.82) is 0 Å². The number of carbonyl (C=O) groups excluding carboxylic acids is 1. The number of nitrogens with two attached hydrogens (primary N) is 1. The lowest BCUT2D eigenvalue weighted by atomic mass is 10.1. The van der Waals surface area contributed by atoms with Crippen LogP contribution in [0.25, 0.3) is 0 Å². The molecule has 1 aromatic rings. The zero-order valence-electron chi connectivity index (χ0n) is 12.3. The predicted molar refractivity (Wildman–Crippen MR) is 88.1 cm³/mol. The highest BCUT2D eigenvalue weighted by Crippen LogP contribution is 2.33. The van der Waals surface area contributed by atoms with Gasteiger partial charge in [0.25, 0.3) is 0 Å². The monoisotopic (exact) mass is 316 g/mol. The molecule has 0 saturated heterocycles. The summed E-state index contributed by atoms with van der Waals surface area (Å²) in [4.78, 5) is 14.1. The lowest BCUT2D eigenvalue weighted by molar-refractivity contribution is 0.0527. The number of nitrogen functional groups attached to an aromatic ring is 1. The predicted octanol–water partition coefficient (Wildman–Crippen LogP) is 3.29. The number of thioether (sulfide) groups is 1. The summed E-state index contributed by atoms with van der Waals surface area (Å²) in [5.74, 6) is 0.527. The van der Waals surface area contributed by atoms with Crippen LogP contribution in [-0.2, 0) is 4.74 Å². The number of anilines is 2. The largest absolute Gasteiger partial charge is 0.462 e. The molecule has 0 radical (unpaired) electrons. The molecule has 0 bridgehead atoms. The Bertz CT molecular complexity index is 482. The Morgan fingerprint density at radius 1 is 1.55 bits per heavy atom. The molecule has 2 N–H and O–H groups in total. The molecule has 0 aromatic heterocycles. The molecule has 0 fully saturated rings. The normalized spacial score (nSPS) is 12.1. The highest BCUT2D eigenvalue weighted by atomic mass is 35.5. The molecule has 1 atom stereocenters. The topological polar surface area (TPSA) is 55.6 Å². The van der Waals surface area contributed by atoms with E-state index >= 15 is 0 Å². The summed E-state index contributed by atoms with van der Waals surface area (Å²) in [6.45, 7) is 4.17. The van der Waals surface area contributed by atoms with Gasteiger partial charge in [0.2, 0.25) is 0 Å². The number of hydrogen-bond donors (Lipinski definition) is 1. The molecule has 1 rings (SSSR count). The second kappa shape index (κ2) is 7.64. The Kier molecular flexibility index (Phi) is 6.49. The summed E-state index contributed by atoms with van der Waals surface area (Å²) < 4.78 is 5.08. The molecule has 6 heteroatoms. The summed E-state index contributed by atoms with van der Waals surface area (Å²) >= 11 is 8.02. The summed E-state index contributed by atoms with van der Waals surface area (Å²) in [5, 5.41) is 0.462. The second-order valence-corrected chi connectivity index (χ2v) is 5.85. The minimum absolute atomic E-state index is 0.235. The summed E-state index contributed by atoms with van der Waals surface area (Å²) in [7, 11) is 1.92. The maximum absolute atomic E-state index is 12.1. The Balaban J connectivity index is 3.25. The number of benzene rings is 1. The number of esters is 1. The van der Waals surface area contributed by atoms with Crippen LogP contribution in [0, 0.1) is 0 Å². The van der Waals surface area contributed by atoms with E-state index in [-0.39, 0.29) is 6.04 Å². The fourth-order valence-corrected chi connectivity index (χ4v) is 2.98. The first-order valence-corrected chi connectivity index (χ1v) is 8.17. The first kappa shape index (κ1) is 17.0. The maximum Gasteiger partial charge on any atom is 0.340 e. The van der Waals surface area contributed by atoms with Crippen molar-refractivity contribution in [2.75, 3.05) is 36.3 Å². The van der Waals surface area contributed by atoms with Crippen LogP contribution in [0.4, 0.5) is 11.4 Å². The first-order valence-electron chi connectivity index (χ1n) is 6.40. The van der Waals surface area contributed by atoms with Crippen molar-refractivity contribution in [2.24, 2.45) is 0 Å². The fourth-order valence-electron chi connectivity index (χ4n) is 1.92. The van der Waals surface area contributed by atoms with E-state index in [0.29, 0.717) is 28.6 Å². The molecule has 0 aliphatic carbocycles. The zero-order chi connectivity index (χ0) is 15.3. The van der Waals surface area contributed by atoms with Gasteiger partial charge in [-0.3, -0.25) is 0 Å². The minimum Gasteiger partial charge on any atom is -0.462 e. The molecule has 0 amide bonds. The molecule has 0 heterocycles. The average molecular weight is 317 g/mol. The van der Waals surface area contributed by atoms with E-state index in [1.165, 1.54) is 0 Å². The van der Waals surface area contributed by atoms with Crippen molar-refractivity contribution < 1.29 is 9.53 Å². The summed E-state index contributed by atoms with van der Waals surface area (Å²) in [6, 6.07) is 3.50. The van der Waals surface area contributed by atoms with Gasteiger partial charge in [-0.1, -0.05) is 11.6 Å². The van der Waals surface area contributed by atoms with E-state index in [1.54, 1.807) is 30.8 Å². The van der Waals surface area contributed by atoms with Crippen molar-refractivity contribution in [3.05, 3.63) is 22.7 Å². The van der Waals surface area contributed by atoms with E-state index in [0.717, 1.165) is 5.75 Å². The van der Waals surface area contributed by atoms with Crippen molar-refractivity contribution in [1.82, 2.24) is 0 Å². The van der Waals surface area contributed by atoms with Crippen LogP contribution in [0.5, 0.6) is 0 Å². The van der Waals surface area contributed by atoms with Crippen LogP contribution in [0.2, 0.25) is 5.02 Å². The van der Waals surface area contributed by atoms with Gasteiger partial charge in [0.05, 0.1) is 22.9 Å². The number of halogens is 1. The minimum atomic E-state index is -0.403. The Hall–Kier alpha value is -1.07. The van der Waals surface area contributed by atoms with E-state index in [2.05, 4.69) is 6.92 Å². The summed E-state index contributed by atoms with van der Waals surface area (Å²) in [5.41, 5.74) is 7.31. The third-order valence-corrected chi connectivity index (χ3v) is 4.11. The Morgan fingerprint density at radius 3 is 2.75 bits per heavy atom. The lowest BCUT2D eigenvalue weighted by Crippen LogP contribution is -2.32. The van der Waals surface area contributed by atoms with Gasteiger partial charge in [-0.2, -0.15) is 11.8 Å². The van der Waals surface area contributed by atoms with Gasteiger partial charge in [0.15, 0.2) is 0 Å². The molecular formula is C14H21ClN2O2S. The van der Waals surface area contributed by atoms with Crippen LogP contribution in [0.15, 0.2) is 12.1 Å². The van der Waals surface area contributed by atoms with Crippen LogP contribution in [-0.4, -0.2) is 37.7 Å². The third kappa shape index (κ3) is 3.96. The van der Waals surface area contributed by atoms with Crippen molar-refractivity contribution in [3.63, 3.8) is 0 Å². The summed E-state index contributed by atoms with van der Waals surface area (Å²) in [6.07, 6.45) is 2.04. The van der Waals surface area contributed by atoms with Crippen molar-refractivity contribution >= 4 is 40.7 Å². The second-order valence-electron chi connectivity index (χ2n) is 4.53. The first-order chi connectivity index (χ1) is 9.42. The zero-order valence-corrected chi connectivity index (χ0v) is 13.8. The van der Waals surface area contributed by atoms with Gasteiger partial charge in [-0.05, 0) is 32.2 Å². The van der Waals surface area contributed by atoms with E-state index in [1.807, 2.05) is 18.2 Å². The lowest BCUT2D eigenvalue weighted by Gasteiger charge is -2.29. The number of ether oxygens (including phenoxy) is 1. The Morgan fingerprint density at radius 2 is 2.20 bits per heavy atom. The van der Waals surface area contributed by atoms with Gasteiger partial charge in [-0.15, -0.1) is 0 Å². The fraction of sp³-hybridized carbons (Fsp3) is 0.500. The number of nitrogens with zero attached hydrogens (tertiary/aromatic N) is 1. The van der Waals surface area contributed by atoms with E-state index in [4.69, 9.17) is 22.1 Å². The van der Waals surface area contributed by atoms with Gasteiger partial charge < -0.3 is 15.4 Å². The highest BCUT2D eigenvalue weighted by molar-refractivity contribution is 7.98. The van der Waals surface area contributed by atoms with Gasteiger partial charge in [0.1, 0.15) is 0 Å². The molecular weight excluding hydrogens is 296 g/mol. The molecule has 20 heavy (non-hydrogen) atoms. The number of carbonyl (C=O) groups is 1. The van der Waals surface area contributed by atoms with E-state index in [9.17, 15) is 4.79 Å². The van der Waals surface area contributed by atoms with E-state index < -0.39 is 5.97 Å². The maximum atomic E-state index is 12.1. The van der Waals surface area contributed by atoms with Gasteiger partial charge >= 0.3 is 5.97 Å². The van der Waals surface area contributed by atoms with Crippen LogP contribution < -0.4 is 10.6 Å². The van der Waals surface area contributed by atoms with Crippen molar-refractivity contribution in [3.8, 4) is 0 Å². The molecule has 4 nitrogen and oxygen atoms in total. The standard InChI is InChI=1S/C14H21ClN2O2S/c1-5-19-14(18)11-6-10(16)7-12(15)13(11)17(3)9(2)8-20-4/h6-7,9H,5,8,16H2,1-4H3. The van der Waals surface area contributed by atoms with Crippen LogP contribution in [0.1, 0.15) is 24.2 Å². The van der Waals surface area contributed by atoms with Crippen LogP contribution in [0.3, 0.4) is 0 Å². The van der Waals surface area contributed by atoms with Gasteiger partial charge in [-0.25, -0.2) is 4.79 Å². The molecule has 0 spiro atoms. The number of hydrogen-bond acceptors (Lipinski definition) is 5. The third-order valence-electron chi connectivity index (χ3n) is 3.00. The number of rotatable bonds is 6. The molecule has 0 aliphatic rings. The SMILES string of the molecule is CCOC(=O)c1cc(N)cc(Cl)c1N(C)C(C)CSC. The quantitative estimate of drug-likeness (QED) is 0.644. The van der Waals surface area contributed by atoms with Crippen LogP contribution >= 0.6 is 23.4 Å². The molecule has 0 aliphatic heterocycles. The smallest absolute Gasteiger partial charge is 0.340 e. The highest BCUT2D eigenvalue weighted by Gasteiger charge is 2.22. The average Bonchev–Trinajstić information content (AvgIpc) is 2.37. The van der Waals surface area contributed by atoms with Gasteiger partial charge in [0, 0.05) is 24.5 Å². The molecule has 1 unspecified atom stereocenters.